The molecular formula is C23H28BrN3O4. The summed E-state index contributed by atoms with van der Waals surface area (Å²) in [6.45, 7) is 8.03. The van der Waals surface area contributed by atoms with Crippen molar-refractivity contribution in [2.45, 2.75) is 33.7 Å². The molecule has 0 heterocycles. The SMILES string of the molecule is CCOc1cc(/C=N/NC(=O)C(NC(=O)c2ccc(C)cc2)C(C)C)cc(Br)c1OC. The van der Waals surface area contributed by atoms with Crippen molar-refractivity contribution < 1.29 is 19.1 Å². The van der Waals surface area contributed by atoms with Gasteiger partial charge in [-0.2, -0.15) is 5.10 Å². The first kappa shape index (κ1) is 24.4. The van der Waals surface area contributed by atoms with Gasteiger partial charge in [0.15, 0.2) is 11.5 Å². The van der Waals surface area contributed by atoms with Crippen molar-refractivity contribution in [2.24, 2.45) is 11.0 Å². The smallest absolute Gasteiger partial charge is 0.262 e. The molecule has 0 aliphatic rings. The van der Waals surface area contributed by atoms with Crippen LogP contribution in [0.5, 0.6) is 11.5 Å². The van der Waals surface area contributed by atoms with Crippen LogP contribution in [0.1, 0.15) is 42.3 Å². The highest BCUT2D eigenvalue weighted by Crippen LogP contribution is 2.36. The molecule has 0 fully saturated rings. The molecule has 0 saturated heterocycles. The lowest BCUT2D eigenvalue weighted by atomic mass is 10.0. The van der Waals surface area contributed by atoms with Crippen LogP contribution in [0.25, 0.3) is 0 Å². The molecule has 0 aromatic heterocycles. The van der Waals surface area contributed by atoms with Gasteiger partial charge in [-0.25, -0.2) is 5.43 Å². The van der Waals surface area contributed by atoms with Gasteiger partial charge in [-0.15, -0.1) is 0 Å². The maximum Gasteiger partial charge on any atom is 0.262 e. The summed E-state index contributed by atoms with van der Waals surface area (Å²) in [6, 6.07) is 10.0. The van der Waals surface area contributed by atoms with Gasteiger partial charge in [0.1, 0.15) is 6.04 Å². The highest BCUT2D eigenvalue weighted by molar-refractivity contribution is 9.10. The molecule has 166 valence electrons. The monoisotopic (exact) mass is 489 g/mol. The van der Waals surface area contributed by atoms with E-state index in [-0.39, 0.29) is 11.8 Å². The minimum absolute atomic E-state index is 0.121. The maximum absolute atomic E-state index is 12.6. The number of halogens is 1. The fourth-order valence-corrected chi connectivity index (χ4v) is 3.45. The molecular weight excluding hydrogens is 462 g/mol. The second-order valence-electron chi connectivity index (χ2n) is 7.26. The van der Waals surface area contributed by atoms with E-state index in [1.54, 1.807) is 31.4 Å². The lowest BCUT2D eigenvalue weighted by molar-refractivity contribution is -0.123. The molecule has 2 aromatic carbocycles. The largest absolute Gasteiger partial charge is 0.492 e. The van der Waals surface area contributed by atoms with Crippen molar-refractivity contribution in [3.63, 3.8) is 0 Å². The van der Waals surface area contributed by atoms with Gasteiger partial charge in [0, 0.05) is 5.56 Å². The first-order valence-corrected chi connectivity index (χ1v) is 10.8. The number of nitrogens with one attached hydrogen (secondary N) is 2. The van der Waals surface area contributed by atoms with Gasteiger partial charge in [-0.05, 0) is 65.5 Å². The molecule has 0 aliphatic carbocycles. The van der Waals surface area contributed by atoms with E-state index in [0.717, 1.165) is 5.56 Å². The first-order valence-electron chi connectivity index (χ1n) is 9.97. The third-order valence-electron chi connectivity index (χ3n) is 4.47. The van der Waals surface area contributed by atoms with Crippen molar-refractivity contribution in [3.05, 3.63) is 57.6 Å². The Labute approximate surface area is 191 Å². The topological polar surface area (TPSA) is 89.0 Å². The molecule has 1 unspecified atom stereocenters. The number of nitrogens with zero attached hydrogens (tertiary/aromatic N) is 1. The zero-order valence-corrected chi connectivity index (χ0v) is 19.9. The Morgan fingerprint density at radius 1 is 1.19 bits per heavy atom. The number of benzene rings is 2. The average Bonchev–Trinajstić information content (AvgIpc) is 2.72. The Morgan fingerprint density at radius 2 is 1.87 bits per heavy atom. The second kappa shape index (κ2) is 11.5. The van der Waals surface area contributed by atoms with Gasteiger partial charge >= 0.3 is 0 Å². The highest BCUT2D eigenvalue weighted by atomic mass is 79.9. The van der Waals surface area contributed by atoms with E-state index in [2.05, 4.69) is 31.8 Å². The van der Waals surface area contributed by atoms with Crippen molar-refractivity contribution in [1.82, 2.24) is 10.7 Å². The molecule has 2 aromatic rings. The van der Waals surface area contributed by atoms with E-state index < -0.39 is 11.9 Å². The predicted molar refractivity (Wildman–Crippen MR) is 125 cm³/mol. The summed E-state index contributed by atoms with van der Waals surface area (Å²) >= 11 is 3.44. The maximum atomic E-state index is 12.6. The van der Waals surface area contributed by atoms with E-state index in [1.807, 2.05) is 39.8 Å². The van der Waals surface area contributed by atoms with Crippen molar-refractivity contribution in [3.8, 4) is 11.5 Å². The standard InChI is InChI=1S/C23H28BrN3O4/c1-6-31-19-12-16(11-18(24)21(19)30-5)13-25-27-23(29)20(14(2)3)26-22(28)17-9-7-15(4)8-10-17/h7-14,20H,6H2,1-5H3,(H,26,28)(H,27,29)/b25-13+. The third kappa shape index (κ3) is 6.82. The molecule has 8 heteroatoms. The Kier molecular flexibility index (Phi) is 9.05. The predicted octanol–water partition coefficient (Wildman–Crippen LogP) is 4.07. The number of hydrogen-bond donors (Lipinski definition) is 2. The zero-order chi connectivity index (χ0) is 23.0. The molecule has 2 N–H and O–H groups in total. The molecule has 1 atom stereocenters. The number of ether oxygens (including phenoxy) is 2. The van der Waals surface area contributed by atoms with Crippen LogP contribution in [-0.4, -0.2) is 37.8 Å². The van der Waals surface area contributed by atoms with E-state index in [0.29, 0.717) is 33.7 Å². The van der Waals surface area contributed by atoms with E-state index in [4.69, 9.17) is 9.47 Å². The van der Waals surface area contributed by atoms with E-state index in [1.165, 1.54) is 6.21 Å². The van der Waals surface area contributed by atoms with Crippen LogP contribution in [0, 0.1) is 12.8 Å². The summed E-state index contributed by atoms with van der Waals surface area (Å²) in [7, 11) is 1.56. The van der Waals surface area contributed by atoms with Crippen molar-refractivity contribution in [2.75, 3.05) is 13.7 Å². The normalized spacial score (nSPS) is 12.0. The number of methoxy groups -OCH3 is 1. The molecule has 0 bridgehead atoms. The van der Waals surface area contributed by atoms with Crippen LogP contribution in [0.2, 0.25) is 0 Å². The Hall–Kier alpha value is -2.87. The zero-order valence-electron chi connectivity index (χ0n) is 18.4. The average molecular weight is 490 g/mol. The summed E-state index contributed by atoms with van der Waals surface area (Å²) in [4.78, 5) is 25.1. The summed E-state index contributed by atoms with van der Waals surface area (Å²) in [6.07, 6.45) is 1.50. The molecule has 0 radical (unpaired) electrons. The minimum Gasteiger partial charge on any atom is -0.492 e. The lowest BCUT2D eigenvalue weighted by Crippen LogP contribution is -2.48. The fourth-order valence-electron chi connectivity index (χ4n) is 2.83. The van der Waals surface area contributed by atoms with Crippen LogP contribution < -0.4 is 20.2 Å². The Morgan fingerprint density at radius 3 is 2.45 bits per heavy atom. The van der Waals surface area contributed by atoms with Gasteiger partial charge < -0.3 is 14.8 Å². The highest BCUT2D eigenvalue weighted by Gasteiger charge is 2.24. The molecule has 0 saturated carbocycles. The number of amides is 2. The van der Waals surface area contributed by atoms with Gasteiger partial charge in [0.25, 0.3) is 11.8 Å². The number of rotatable bonds is 9. The van der Waals surface area contributed by atoms with E-state index in [9.17, 15) is 9.59 Å². The Balaban J connectivity index is 2.08. The van der Waals surface area contributed by atoms with Crippen molar-refractivity contribution in [1.29, 1.82) is 0 Å². The van der Waals surface area contributed by atoms with Gasteiger partial charge in [0.05, 0.1) is 24.4 Å². The number of carbonyl (C=O) groups is 2. The number of carbonyl (C=O) groups excluding carboxylic acids is 2. The molecule has 0 spiro atoms. The summed E-state index contributed by atoms with van der Waals surface area (Å²) < 4.78 is 11.6. The minimum atomic E-state index is -0.729. The van der Waals surface area contributed by atoms with Crippen LogP contribution in [0.3, 0.4) is 0 Å². The number of aryl methyl sites for hydroxylation is 1. The molecule has 0 aliphatic heterocycles. The first-order chi connectivity index (χ1) is 14.8. The second-order valence-corrected chi connectivity index (χ2v) is 8.12. The molecule has 2 amide bonds. The third-order valence-corrected chi connectivity index (χ3v) is 5.06. The fraction of sp³-hybridized carbons (Fsp3) is 0.348. The summed E-state index contributed by atoms with van der Waals surface area (Å²) in [5.41, 5.74) is 4.77. The van der Waals surface area contributed by atoms with Crippen molar-refractivity contribution >= 4 is 34.0 Å². The van der Waals surface area contributed by atoms with Crippen LogP contribution in [0.4, 0.5) is 0 Å². The van der Waals surface area contributed by atoms with Gasteiger partial charge in [0.2, 0.25) is 0 Å². The van der Waals surface area contributed by atoms with E-state index >= 15 is 0 Å². The van der Waals surface area contributed by atoms with Crippen LogP contribution in [-0.2, 0) is 4.79 Å². The quantitative estimate of drug-likeness (QED) is 0.410. The number of hydrogen-bond acceptors (Lipinski definition) is 5. The van der Waals surface area contributed by atoms with Crippen LogP contribution >= 0.6 is 15.9 Å². The molecule has 7 nitrogen and oxygen atoms in total. The van der Waals surface area contributed by atoms with Gasteiger partial charge in [-0.1, -0.05) is 31.5 Å². The summed E-state index contributed by atoms with van der Waals surface area (Å²) in [5.74, 6) is 0.325. The van der Waals surface area contributed by atoms with Crippen LogP contribution in [0.15, 0.2) is 46.0 Å². The molecule has 2 rings (SSSR count). The number of hydrazone groups is 1. The lowest BCUT2D eigenvalue weighted by Gasteiger charge is -2.20. The Bertz CT molecular complexity index is 943. The summed E-state index contributed by atoms with van der Waals surface area (Å²) in [5, 5.41) is 6.82. The molecule has 31 heavy (non-hydrogen) atoms. The van der Waals surface area contributed by atoms with Gasteiger partial charge in [-0.3, -0.25) is 9.59 Å².